The number of rotatable bonds is 4. The fourth-order valence-corrected chi connectivity index (χ4v) is 6.43. The molecular weight excluding hydrogens is 356 g/mol. The molecule has 0 aliphatic carbocycles. The minimum Gasteiger partial charge on any atom is -0.218 e. The molecule has 0 radical (unpaired) electrons. The number of thiophene rings is 1. The predicted molar refractivity (Wildman–Crippen MR) is 101 cm³/mol. The van der Waals surface area contributed by atoms with E-state index < -0.39 is 9.84 Å². The van der Waals surface area contributed by atoms with Gasteiger partial charge in [-0.15, -0.1) is 11.3 Å². The highest BCUT2D eigenvalue weighted by atomic mass is 32.2. The van der Waals surface area contributed by atoms with Crippen LogP contribution in [0, 0.1) is 20.8 Å². The number of hydrogen-bond donors (Lipinski definition) is 0. The number of sulfone groups is 1. The highest BCUT2D eigenvalue weighted by Gasteiger charge is 2.19. The second kappa shape index (κ2) is 6.75. The zero-order valence-corrected chi connectivity index (χ0v) is 16.2. The Bertz CT molecular complexity index is 948. The third kappa shape index (κ3) is 3.43. The molecule has 0 N–H and O–H groups in total. The molecule has 24 heavy (non-hydrogen) atoms. The van der Waals surface area contributed by atoms with E-state index in [0.29, 0.717) is 9.79 Å². The first kappa shape index (κ1) is 17.3. The molecule has 2 aromatic carbocycles. The van der Waals surface area contributed by atoms with Crippen LogP contribution >= 0.6 is 23.1 Å². The lowest BCUT2D eigenvalue weighted by molar-refractivity contribution is 0.596. The van der Waals surface area contributed by atoms with Crippen molar-refractivity contribution in [3.05, 3.63) is 70.6 Å². The van der Waals surface area contributed by atoms with Crippen LogP contribution in [0.25, 0.3) is 0 Å². The summed E-state index contributed by atoms with van der Waals surface area (Å²) in [5.74, 6) is 0. The molecule has 0 saturated carbocycles. The summed E-state index contributed by atoms with van der Waals surface area (Å²) < 4.78 is 26.3. The zero-order chi connectivity index (χ0) is 17.3. The summed E-state index contributed by atoms with van der Waals surface area (Å²) in [5.41, 5.74) is 3.68. The molecule has 0 unspecified atom stereocenters. The molecule has 124 valence electrons. The second-order valence-corrected chi connectivity index (χ2v) is 9.92. The smallest absolute Gasteiger partial charge is 0.207 e. The first-order valence-corrected chi connectivity index (χ1v) is 10.7. The number of aryl methyl sites for hydroxylation is 3. The van der Waals surface area contributed by atoms with Crippen molar-refractivity contribution in [1.29, 1.82) is 0 Å². The van der Waals surface area contributed by atoms with Crippen molar-refractivity contribution in [3.63, 3.8) is 0 Å². The average molecular weight is 375 g/mol. The fourth-order valence-electron chi connectivity index (χ4n) is 2.66. The molecular formula is C19H18O2S3. The Morgan fingerprint density at radius 2 is 1.50 bits per heavy atom. The van der Waals surface area contributed by atoms with E-state index in [2.05, 4.69) is 32.9 Å². The van der Waals surface area contributed by atoms with E-state index in [1.165, 1.54) is 32.9 Å². The Morgan fingerprint density at radius 1 is 0.875 bits per heavy atom. The number of hydrogen-bond acceptors (Lipinski definition) is 4. The third-order valence-electron chi connectivity index (χ3n) is 3.72. The van der Waals surface area contributed by atoms with Crippen molar-refractivity contribution in [3.8, 4) is 0 Å². The Morgan fingerprint density at radius 3 is 2.12 bits per heavy atom. The van der Waals surface area contributed by atoms with Gasteiger partial charge >= 0.3 is 0 Å². The van der Waals surface area contributed by atoms with Gasteiger partial charge in [0.2, 0.25) is 9.84 Å². The van der Waals surface area contributed by atoms with Crippen LogP contribution < -0.4 is 0 Å². The van der Waals surface area contributed by atoms with Crippen LogP contribution in [0.2, 0.25) is 0 Å². The maximum absolute atomic E-state index is 12.7. The quantitative estimate of drug-likeness (QED) is 0.591. The molecule has 0 atom stereocenters. The van der Waals surface area contributed by atoms with Crippen LogP contribution in [0.5, 0.6) is 0 Å². The highest BCUT2D eigenvalue weighted by molar-refractivity contribution is 8.01. The Balaban J connectivity index is 1.92. The first-order valence-electron chi connectivity index (χ1n) is 7.52. The van der Waals surface area contributed by atoms with E-state index in [4.69, 9.17) is 0 Å². The molecule has 0 fully saturated rings. The molecule has 1 heterocycles. The molecule has 0 spiro atoms. The van der Waals surface area contributed by atoms with Crippen molar-refractivity contribution >= 4 is 32.9 Å². The minimum atomic E-state index is -3.44. The second-order valence-electron chi connectivity index (χ2n) is 5.75. The fraction of sp³-hybridized carbons (Fsp3) is 0.158. The normalized spacial score (nSPS) is 11.6. The summed E-state index contributed by atoms with van der Waals surface area (Å²) in [6.07, 6.45) is 0. The number of benzene rings is 2. The van der Waals surface area contributed by atoms with E-state index in [1.807, 2.05) is 6.07 Å². The van der Waals surface area contributed by atoms with E-state index in [1.54, 1.807) is 47.5 Å². The van der Waals surface area contributed by atoms with Crippen LogP contribution in [0.4, 0.5) is 0 Å². The van der Waals surface area contributed by atoms with E-state index in [0.717, 1.165) is 4.21 Å². The van der Waals surface area contributed by atoms with Crippen molar-refractivity contribution in [2.75, 3.05) is 0 Å². The van der Waals surface area contributed by atoms with E-state index >= 15 is 0 Å². The molecule has 0 bridgehead atoms. The molecule has 5 heteroatoms. The topological polar surface area (TPSA) is 34.1 Å². The van der Waals surface area contributed by atoms with Crippen LogP contribution in [0.3, 0.4) is 0 Å². The van der Waals surface area contributed by atoms with Gasteiger partial charge in [0.1, 0.15) is 0 Å². The minimum absolute atomic E-state index is 0.335. The van der Waals surface area contributed by atoms with Gasteiger partial charge in [0.25, 0.3) is 0 Å². The molecule has 0 amide bonds. The van der Waals surface area contributed by atoms with Crippen LogP contribution in [-0.2, 0) is 9.84 Å². The van der Waals surface area contributed by atoms with Crippen LogP contribution in [0.15, 0.2) is 72.8 Å². The molecule has 2 nitrogen and oxygen atoms in total. The Kier molecular flexibility index (Phi) is 4.85. The van der Waals surface area contributed by atoms with Crippen molar-refractivity contribution in [2.45, 2.75) is 39.7 Å². The van der Waals surface area contributed by atoms with Gasteiger partial charge < -0.3 is 0 Å². The Hall–Kier alpha value is -1.56. The SMILES string of the molecule is Cc1cc(C)c(Sc2cc(S(=O)(=O)c3ccccc3)cs2)c(C)c1. The van der Waals surface area contributed by atoms with Gasteiger partial charge in [0.05, 0.1) is 14.0 Å². The summed E-state index contributed by atoms with van der Waals surface area (Å²) in [5, 5.41) is 1.73. The summed E-state index contributed by atoms with van der Waals surface area (Å²) in [4.78, 5) is 1.90. The summed E-state index contributed by atoms with van der Waals surface area (Å²) in [7, 11) is -3.44. The van der Waals surface area contributed by atoms with Crippen LogP contribution in [0.1, 0.15) is 16.7 Å². The van der Waals surface area contributed by atoms with Gasteiger partial charge in [-0.1, -0.05) is 47.7 Å². The molecule has 0 aliphatic heterocycles. The van der Waals surface area contributed by atoms with Crippen molar-refractivity contribution < 1.29 is 8.42 Å². The lowest BCUT2D eigenvalue weighted by Gasteiger charge is -2.09. The third-order valence-corrected chi connectivity index (χ3v) is 8.05. The molecule has 1 aromatic heterocycles. The summed E-state index contributed by atoms with van der Waals surface area (Å²) >= 11 is 3.11. The van der Waals surface area contributed by atoms with Gasteiger partial charge in [-0.3, -0.25) is 0 Å². The molecule has 0 aliphatic rings. The van der Waals surface area contributed by atoms with Gasteiger partial charge in [0, 0.05) is 10.3 Å². The van der Waals surface area contributed by atoms with Crippen LogP contribution in [-0.4, -0.2) is 8.42 Å². The zero-order valence-electron chi connectivity index (χ0n) is 13.7. The molecule has 0 saturated heterocycles. The summed E-state index contributed by atoms with van der Waals surface area (Å²) in [6, 6.07) is 14.7. The first-order chi connectivity index (χ1) is 11.4. The Labute approximate surface area is 151 Å². The summed E-state index contributed by atoms with van der Waals surface area (Å²) in [6.45, 7) is 6.28. The average Bonchev–Trinajstić information content (AvgIpc) is 3.01. The largest absolute Gasteiger partial charge is 0.218 e. The maximum Gasteiger partial charge on any atom is 0.207 e. The monoisotopic (exact) mass is 374 g/mol. The predicted octanol–water partition coefficient (Wildman–Crippen LogP) is 5.66. The molecule has 3 rings (SSSR count). The lowest BCUT2D eigenvalue weighted by Crippen LogP contribution is -1.99. The van der Waals surface area contributed by atoms with Gasteiger partial charge in [-0.2, -0.15) is 0 Å². The van der Waals surface area contributed by atoms with E-state index in [-0.39, 0.29) is 0 Å². The van der Waals surface area contributed by atoms with Crippen molar-refractivity contribution in [1.82, 2.24) is 0 Å². The van der Waals surface area contributed by atoms with Gasteiger partial charge in [-0.05, 0) is 50.1 Å². The standard InChI is InChI=1S/C19H18O2S3/c1-13-9-14(2)19(15(3)10-13)23-18-11-17(12-22-18)24(20,21)16-7-5-4-6-8-16/h4-12H,1-3H3. The maximum atomic E-state index is 12.7. The molecule has 3 aromatic rings. The van der Waals surface area contributed by atoms with Gasteiger partial charge in [0.15, 0.2) is 0 Å². The highest BCUT2D eigenvalue weighted by Crippen LogP contribution is 2.38. The van der Waals surface area contributed by atoms with Gasteiger partial charge in [-0.25, -0.2) is 8.42 Å². The van der Waals surface area contributed by atoms with E-state index in [9.17, 15) is 8.42 Å². The van der Waals surface area contributed by atoms with Crippen molar-refractivity contribution in [2.24, 2.45) is 0 Å². The lowest BCUT2D eigenvalue weighted by atomic mass is 10.1.